The van der Waals surface area contributed by atoms with E-state index in [-0.39, 0.29) is 0 Å². The van der Waals surface area contributed by atoms with Crippen molar-refractivity contribution in [1.29, 1.82) is 0 Å². The van der Waals surface area contributed by atoms with Crippen molar-refractivity contribution in [2.75, 3.05) is 13.6 Å². The molecule has 0 rings (SSSR count). The fraction of sp³-hybridized carbons (Fsp3) is 0.222. The molecule has 2 amide bonds. The van der Waals surface area contributed by atoms with Gasteiger partial charge in [0.1, 0.15) is 0 Å². The Kier molecular flexibility index (Phi) is 4.53. The Morgan fingerprint density at radius 3 is 2.50 bits per heavy atom. The minimum Gasteiger partial charge on any atom is -0.351 e. The zero-order valence-electron chi connectivity index (χ0n) is 7.29. The highest BCUT2D eigenvalue weighted by atomic mass is 16.2. The Morgan fingerprint density at radius 1 is 1.58 bits per heavy atom. The van der Waals surface area contributed by atoms with Crippen molar-refractivity contribution in [3.8, 4) is 0 Å². The molecule has 0 unspecified atom stereocenters. The van der Waals surface area contributed by atoms with E-state index in [9.17, 15) is 4.79 Å². The third kappa shape index (κ3) is 3.61. The molecule has 0 heterocycles. The van der Waals surface area contributed by atoms with Gasteiger partial charge in [0, 0.05) is 13.6 Å². The molecule has 0 saturated carbocycles. The van der Waals surface area contributed by atoms with Gasteiger partial charge in [0.05, 0.1) is 0 Å². The number of hydrogen-bond acceptors (Lipinski definition) is 1. The van der Waals surface area contributed by atoms with Gasteiger partial charge >= 0.3 is 6.03 Å². The van der Waals surface area contributed by atoms with Gasteiger partial charge in [-0.1, -0.05) is 31.4 Å². The molecule has 0 radical (unpaired) electrons. The minimum absolute atomic E-state index is 0.452. The van der Waals surface area contributed by atoms with Gasteiger partial charge in [0.2, 0.25) is 0 Å². The average molecular weight is 166 g/mol. The van der Waals surface area contributed by atoms with Crippen LogP contribution < -0.4 is 5.73 Å². The van der Waals surface area contributed by atoms with Gasteiger partial charge in [-0.15, -0.1) is 0 Å². The molecule has 0 bridgehead atoms. The fourth-order valence-electron chi connectivity index (χ4n) is 0.688. The number of urea groups is 1. The van der Waals surface area contributed by atoms with Crippen LogP contribution in [0.3, 0.4) is 0 Å². The smallest absolute Gasteiger partial charge is 0.314 e. The van der Waals surface area contributed by atoms with Crippen molar-refractivity contribution in [3.63, 3.8) is 0 Å². The summed E-state index contributed by atoms with van der Waals surface area (Å²) in [5.74, 6) is 0. The van der Waals surface area contributed by atoms with Crippen LogP contribution in [0.4, 0.5) is 4.79 Å². The van der Waals surface area contributed by atoms with Gasteiger partial charge in [-0.05, 0) is 5.57 Å². The molecular formula is C9H14N2O. The first-order chi connectivity index (χ1) is 5.61. The molecule has 66 valence electrons. The lowest BCUT2D eigenvalue weighted by Gasteiger charge is -2.13. The van der Waals surface area contributed by atoms with Gasteiger partial charge in [0.25, 0.3) is 0 Å². The second-order valence-corrected chi connectivity index (χ2v) is 2.38. The van der Waals surface area contributed by atoms with Crippen LogP contribution in [0.5, 0.6) is 0 Å². The molecule has 3 heteroatoms. The Balaban J connectivity index is 4.20. The van der Waals surface area contributed by atoms with Crippen LogP contribution in [0.25, 0.3) is 0 Å². The number of hydrogen-bond donors (Lipinski definition) is 1. The zero-order chi connectivity index (χ0) is 9.56. The first-order valence-corrected chi connectivity index (χ1v) is 3.56. The van der Waals surface area contributed by atoms with E-state index in [2.05, 4.69) is 13.2 Å². The summed E-state index contributed by atoms with van der Waals surface area (Å²) in [7, 11) is 1.63. The molecule has 0 fully saturated rings. The standard InChI is InChI=1S/C9H14N2O/c1-4-6-8(5-2)7-11(3)9(10)12/h4-6H,1-2,7H2,3H3,(H2,10,12)/b8-6+. The maximum absolute atomic E-state index is 10.6. The molecular weight excluding hydrogens is 152 g/mol. The molecule has 0 aromatic rings. The van der Waals surface area contributed by atoms with Crippen molar-refractivity contribution in [2.45, 2.75) is 0 Å². The molecule has 0 atom stereocenters. The van der Waals surface area contributed by atoms with E-state index < -0.39 is 6.03 Å². The summed E-state index contributed by atoms with van der Waals surface area (Å²) in [5, 5.41) is 0. The predicted octanol–water partition coefficient (Wildman–Crippen LogP) is 1.30. The van der Waals surface area contributed by atoms with Gasteiger partial charge < -0.3 is 10.6 Å². The Bertz CT molecular complexity index is 219. The molecule has 0 spiro atoms. The van der Waals surface area contributed by atoms with Crippen molar-refractivity contribution < 1.29 is 4.79 Å². The number of nitrogens with zero attached hydrogens (tertiary/aromatic N) is 1. The van der Waals surface area contributed by atoms with Crippen molar-refractivity contribution in [1.82, 2.24) is 4.90 Å². The highest BCUT2D eigenvalue weighted by Crippen LogP contribution is 1.98. The van der Waals surface area contributed by atoms with Crippen molar-refractivity contribution >= 4 is 6.03 Å². The number of amides is 2. The monoisotopic (exact) mass is 166 g/mol. The van der Waals surface area contributed by atoms with Crippen LogP contribution in [0.2, 0.25) is 0 Å². The van der Waals surface area contributed by atoms with E-state index in [1.54, 1.807) is 25.3 Å². The lowest BCUT2D eigenvalue weighted by atomic mass is 10.2. The fourth-order valence-corrected chi connectivity index (χ4v) is 0.688. The number of carbonyl (C=O) groups is 1. The number of nitrogens with two attached hydrogens (primary N) is 1. The van der Waals surface area contributed by atoms with Crippen molar-refractivity contribution in [3.05, 3.63) is 37.0 Å². The van der Waals surface area contributed by atoms with Crippen LogP contribution >= 0.6 is 0 Å². The molecule has 0 aliphatic carbocycles. The largest absolute Gasteiger partial charge is 0.351 e. The number of rotatable bonds is 4. The minimum atomic E-state index is -0.452. The second-order valence-electron chi connectivity index (χ2n) is 2.38. The number of primary amides is 1. The maximum Gasteiger partial charge on any atom is 0.314 e. The van der Waals surface area contributed by atoms with Crippen LogP contribution in [-0.4, -0.2) is 24.5 Å². The SMILES string of the molecule is C=C/C=C(\C=C)CN(C)C(N)=O. The Hall–Kier alpha value is -1.51. The van der Waals surface area contributed by atoms with Crippen molar-refractivity contribution in [2.24, 2.45) is 5.73 Å². The van der Waals surface area contributed by atoms with Gasteiger partial charge in [0.15, 0.2) is 0 Å². The van der Waals surface area contributed by atoms with Crippen LogP contribution in [-0.2, 0) is 0 Å². The van der Waals surface area contributed by atoms with Crippen LogP contribution in [0, 0.1) is 0 Å². The molecule has 0 saturated heterocycles. The summed E-state index contributed by atoms with van der Waals surface area (Å²) in [6.07, 6.45) is 5.10. The van der Waals surface area contributed by atoms with E-state index in [0.717, 1.165) is 5.57 Å². The quantitative estimate of drug-likeness (QED) is 0.628. The topological polar surface area (TPSA) is 46.3 Å². The van der Waals surface area contributed by atoms with Crippen LogP contribution in [0.15, 0.2) is 37.0 Å². The molecule has 2 N–H and O–H groups in total. The molecule has 3 nitrogen and oxygen atoms in total. The first-order valence-electron chi connectivity index (χ1n) is 3.56. The molecule has 12 heavy (non-hydrogen) atoms. The Morgan fingerprint density at radius 2 is 2.17 bits per heavy atom. The normalized spacial score (nSPS) is 10.6. The Labute approximate surface area is 72.9 Å². The lowest BCUT2D eigenvalue weighted by molar-refractivity contribution is 0.222. The van der Waals surface area contributed by atoms with E-state index in [4.69, 9.17) is 5.73 Å². The summed E-state index contributed by atoms with van der Waals surface area (Å²) in [5.41, 5.74) is 5.94. The van der Waals surface area contributed by atoms with Crippen LogP contribution in [0.1, 0.15) is 0 Å². The number of allylic oxidation sites excluding steroid dienone is 2. The predicted molar refractivity (Wildman–Crippen MR) is 50.7 cm³/mol. The number of likely N-dealkylation sites (N-methyl/N-ethyl adjacent to an activating group) is 1. The zero-order valence-corrected chi connectivity index (χ0v) is 7.29. The second kappa shape index (κ2) is 5.18. The number of carbonyl (C=O) groups excluding carboxylic acids is 1. The molecule has 0 aromatic carbocycles. The lowest BCUT2D eigenvalue weighted by Crippen LogP contribution is -2.33. The highest BCUT2D eigenvalue weighted by Gasteiger charge is 2.02. The molecule has 0 aliphatic rings. The third-order valence-electron chi connectivity index (χ3n) is 1.39. The van der Waals surface area contributed by atoms with Gasteiger partial charge in [-0.25, -0.2) is 4.79 Å². The summed E-state index contributed by atoms with van der Waals surface area (Å²) >= 11 is 0. The highest BCUT2D eigenvalue weighted by molar-refractivity contribution is 5.72. The summed E-state index contributed by atoms with van der Waals surface area (Å²) in [6, 6.07) is -0.452. The summed E-state index contributed by atoms with van der Waals surface area (Å²) in [6.45, 7) is 7.60. The molecule has 0 aromatic heterocycles. The van der Waals surface area contributed by atoms with E-state index in [1.807, 2.05) is 0 Å². The van der Waals surface area contributed by atoms with E-state index in [1.165, 1.54) is 4.90 Å². The van der Waals surface area contributed by atoms with Gasteiger partial charge in [-0.3, -0.25) is 0 Å². The summed E-state index contributed by atoms with van der Waals surface area (Å²) in [4.78, 5) is 12.0. The first kappa shape index (κ1) is 10.5. The van der Waals surface area contributed by atoms with Gasteiger partial charge in [-0.2, -0.15) is 0 Å². The van der Waals surface area contributed by atoms with E-state index in [0.29, 0.717) is 6.54 Å². The average Bonchev–Trinajstić information content (AvgIpc) is 2.03. The molecule has 0 aliphatic heterocycles. The maximum atomic E-state index is 10.6. The van der Waals surface area contributed by atoms with E-state index >= 15 is 0 Å². The third-order valence-corrected chi connectivity index (χ3v) is 1.39. The summed E-state index contributed by atoms with van der Waals surface area (Å²) < 4.78 is 0.